The van der Waals surface area contributed by atoms with E-state index in [4.69, 9.17) is 9.15 Å². The van der Waals surface area contributed by atoms with Crippen molar-refractivity contribution in [2.45, 2.75) is 6.92 Å². The number of fused-ring (bicyclic) bond motifs is 1. The van der Waals surface area contributed by atoms with Crippen molar-refractivity contribution in [2.24, 2.45) is 7.05 Å². The summed E-state index contributed by atoms with van der Waals surface area (Å²) in [5, 5.41) is 5.31. The number of carbonyl (C=O) groups excluding carboxylic acids is 2. The van der Waals surface area contributed by atoms with Crippen molar-refractivity contribution in [3.05, 3.63) is 58.6 Å². The Balaban J connectivity index is 1.67. The third kappa shape index (κ3) is 3.59. The minimum Gasteiger partial charge on any atom is -0.462 e. The Hall–Kier alpha value is -3.55. The topological polar surface area (TPSA) is 103 Å². The van der Waals surface area contributed by atoms with Crippen LogP contribution in [0.25, 0.3) is 11.1 Å². The lowest BCUT2D eigenvalue weighted by Gasteiger charge is -2.08. The molecule has 3 rings (SSSR count). The highest BCUT2D eigenvalue weighted by Crippen LogP contribution is 2.18. The highest BCUT2D eigenvalue weighted by molar-refractivity contribution is 6.01. The fourth-order valence-corrected chi connectivity index (χ4v) is 2.41. The van der Waals surface area contributed by atoms with Gasteiger partial charge in [0.15, 0.2) is 5.58 Å². The molecule has 2 N–H and O–H groups in total. The van der Waals surface area contributed by atoms with Crippen molar-refractivity contribution in [2.75, 3.05) is 17.2 Å². The summed E-state index contributed by atoms with van der Waals surface area (Å²) in [6.07, 6.45) is 0. The number of anilines is 2. The number of amides is 2. The van der Waals surface area contributed by atoms with Gasteiger partial charge in [-0.3, -0.25) is 4.57 Å². The molecular formula is C18H17N3O5. The minimum atomic E-state index is -0.469. The van der Waals surface area contributed by atoms with Crippen molar-refractivity contribution in [1.82, 2.24) is 4.57 Å². The lowest BCUT2D eigenvalue weighted by Crippen LogP contribution is -2.19. The fourth-order valence-electron chi connectivity index (χ4n) is 2.41. The molecule has 8 heteroatoms. The summed E-state index contributed by atoms with van der Waals surface area (Å²) >= 11 is 0. The molecule has 1 aromatic heterocycles. The van der Waals surface area contributed by atoms with Crippen LogP contribution in [0.2, 0.25) is 0 Å². The predicted octanol–water partition coefficient (Wildman–Crippen LogP) is 2.95. The molecule has 0 saturated heterocycles. The predicted molar refractivity (Wildman–Crippen MR) is 96.5 cm³/mol. The number of hydrogen-bond donors (Lipinski definition) is 2. The number of urea groups is 1. The van der Waals surface area contributed by atoms with E-state index in [-0.39, 0.29) is 0 Å². The molecule has 0 bridgehead atoms. The second-order valence-electron chi connectivity index (χ2n) is 5.49. The molecule has 1 heterocycles. The molecule has 0 fully saturated rings. The Morgan fingerprint density at radius 1 is 1.08 bits per heavy atom. The van der Waals surface area contributed by atoms with E-state index in [0.29, 0.717) is 34.6 Å². The maximum Gasteiger partial charge on any atom is 0.419 e. The molecule has 0 aliphatic heterocycles. The molecule has 0 atom stereocenters. The summed E-state index contributed by atoms with van der Waals surface area (Å²) < 4.78 is 11.4. The van der Waals surface area contributed by atoms with Gasteiger partial charge in [0.1, 0.15) is 0 Å². The zero-order valence-electron chi connectivity index (χ0n) is 14.2. The summed E-state index contributed by atoms with van der Waals surface area (Å²) in [6.45, 7) is 2.03. The molecular weight excluding hydrogens is 338 g/mol. The highest BCUT2D eigenvalue weighted by Gasteiger charge is 2.09. The lowest BCUT2D eigenvalue weighted by atomic mass is 10.2. The Bertz CT molecular complexity index is 1020. The molecule has 3 aromatic rings. The SMILES string of the molecule is CCOC(=O)c1ccc(NC(=O)Nc2ccc3c(c2)oc(=O)n3C)cc1. The van der Waals surface area contributed by atoms with Crippen LogP contribution in [0.1, 0.15) is 17.3 Å². The van der Waals surface area contributed by atoms with Crippen molar-refractivity contribution < 1.29 is 18.7 Å². The first-order chi connectivity index (χ1) is 12.5. The van der Waals surface area contributed by atoms with Crippen LogP contribution in [0.15, 0.2) is 51.7 Å². The smallest absolute Gasteiger partial charge is 0.419 e. The van der Waals surface area contributed by atoms with Crippen LogP contribution < -0.4 is 16.4 Å². The number of carbonyl (C=O) groups is 2. The van der Waals surface area contributed by atoms with Crippen molar-refractivity contribution in [3.63, 3.8) is 0 Å². The Labute approximate surface area is 148 Å². The molecule has 8 nitrogen and oxygen atoms in total. The number of benzene rings is 2. The van der Waals surface area contributed by atoms with Crippen LogP contribution in [-0.4, -0.2) is 23.2 Å². The van der Waals surface area contributed by atoms with Gasteiger partial charge in [0.2, 0.25) is 0 Å². The molecule has 0 radical (unpaired) electrons. The lowest BCUT2D eigenvalue weighted by molar-refractivity contribution is 0.0526. The van der Waals surface area contributed by atoms with Crippen LogP contribution in [-0.2, 0) is 11.8 Å². The zero-order chi connectivity index (χ0) is 18.7. The fraction of sp³-hybridized carbons (Fsp3) is 0.167. The maximum atomic E-state index is 12.1. The second kappa shape index (κ2) is 7.14. The van der Waals surface area contributed by atoms with Gasteiger partial charge >= 0.3 is 17.8 Å². The van der Waals surface area contributed by atoms with Gasteiger partial charge in [-0.2, -0.15) is 0 Å². The number of oxazole rings is 1. The largest absolute Gasteiger partial charge is 0.462 e. The monoisotopic (exact) mass is 355 g/mol. The second-order valence-corrected chi connectivity index (χ2v) is 5.49. The summed E-state index contributed by atoms with van der Waals surface area (Å²) in [5.74, 6) is -0.885. The van der Waals surface area contributed by atoms with E-state index in [2.05, 4.69) is 10.6 Å². The number of esters is 1. The van der Waals surface area contributed by atoms with E-state index in [1.165, 1.54) is 4.57 Å². The van der Waals surface area contributed by atoms with Gasteiger partial charge < -0.3 is 19.8 Å². The van der Waals surface area contributed by atoms with Crippen LogP contribution >= 0.6 is 0 Å². The van der Waals surface area contributed by atoms with Gasteiger partial charge in [-0.15, -0.1) is 0 Å². The van der Waals surface area contributed by atoms with E-state index in [1.807, 2.05) is 0 Å². The van der Waals surface area contributed by atoms with Crippen molar-refractivity contribution in [3.8, 4) is 0 Å². The van der Waals surface area contributed by atoms with Crippen LogP contribution in [0.3, 0.4) is 0 Å². The van der Waals surface area contributed by atoms with E-state index in [9.17, 15) is 14.4 Å². The quantitative estimate of drug-likeness (QED) is 0.701. The van der Waals surface area contributed by atoms with E-state index < -0.39 is 17.8 Å². The standard InChI is InChI=1S/C18H17N3O5/c1-3-25-16(22)11-4-6-12(7-5-11)19-17(23)20-13-8-9-14-15(10-13)26-18(24)21(14)2/h4-10H,3H2,1-2H3,(H2,19,20,23). The molecule has 2 amide bonds. The van der Waals surface area contributed by atoms with Gasteiger partial charge in [-0.1, -0.05) is 0 Å². The maximum absolute atomic E-state index is 12.1. The minimum absolute atomic E-state index is 0.299. The molecule has 0 aliphatic carbocycles. The summed E-state index contributed by atoms with van der Waals surface area (Å²) in [5.41, 5.74) is 2.42. The van der Waals surface area contributed by atoms with Gasteiger partial charge in [0.25, 0.3) is 0 Å². The summed E-state index contributed by atoms with van der Waals surface area (Å²) in [6, 6.07) is 10.8. The highest BCUT2D eigenvalue weighted by atomic mass is 16.5. The molecule has 26 heavy (non-hydrogen) atoms. The van der Waals surface area contributed by atoms with Gasteiger partial charge in [-0.25, -0.2) is 14.4 Å². The van der Waals surface area contributed by atoms with Gasteiger partial charge in [0, 0.05) is 24.5 Å². The number of ether oxygens (including phenoxy) is 1. The average Bonchev–Trinajstić information content (AvgIpc) is 2.89. The molecule has 134 valence electrons. The normalized spacial score (nSPS) is 10.5. The van der Waals surface area contributed by atoms with E-state index >= 15 is 0 Å². The first-order valence-corrected chi connectivity index (χ1v) is 7.92. The Morgan fingerprint density at radius 3 is 2.42 bits per heavy atom. The van der Waals surface area contributed by atoms with Crippen LogP contribution in [0.4, 0.5) is 16.2 Å². The number of hydrogen-bond acceptors (Lipinski definition) is 5. The number of nitrogens with zero attached hydrogens (tertiary/aromatic N) is 1. The molecule has 0 unspecified atom stereocenters. The number of aryl methyl sites for hydroxylation is 1. The number of nitrogens with one attached hydrogen (secondary N) is 2. The van der Waals surface area contributed by atoms with E-state index in [1.54, 1.807) is 56.4 Å². The Kier molecular flexibility index (Phi) is 4.74. The number of rotatable bonds is 4. The molecule has 0 aliphatic rings. The van der Waals surface area contributed by atoms with Crippen molar-refractivity contribution >= 4 is 34.5 Å². The van der Waals surface area contributed by atoms with Crippen LogP contribution in [0.5, 0.6) is 0 Å². The van der Waals surface area contributed by atoms with E-state index in [0.717, 1.165) is 0 Å². The van der Waals surface area contributed by atoms with Gasteiger partial charge in [-0.05, 0) is 43.3 Å². The number of aromatic nitrogens is 1. The van der Waals surface area contributed by atoms with Crippen molar-refractivity contribution in [1.29, 1.82) is 0 Å². The molecule has 0 spiro atoms. The average molecular weight is 355 g/mol. The summed E-state index contributed by atoms with van der Waals surface area (Å²) in [4.78, 5) is 35.2. The first kappa shape index (κ1) is 17.3. The molecule has 0 saturated carbocycles. The van der Waals surface area contributed by atoms with Gasteiger partial charge in [0.05, 0.1) is 17.7 Å². The third-order valence-corrected chi connectivity index (χ3v) is 3.70. The van der Waals surface area contributed by atoms with Crippen LogP contribution in [0, 0.1) is 0 Å². The zero-order valence-corrected chi connectivity index (χ0v) is 14.2. The Morgan fingerprint density at radius 2 is 1.73 bits per heavy atom. The first-order valence-electron chi connectivity index (χ1n) is 7.92. The third-order valence-electron chi connectivity index (χ3n) is 3.70. The molecule has 2 aromatic carbocycles. The summed E-state index contributed by atoms with van der Waals surface area (Å²) in [7, 11) is 1.61.